The zero-order chi connectivity index (χ0) is 14.4. The summed E-state index contributed by atoms with van der Waals surface area (Å²) in [7, 11) is -2.32. The van der Waals surface area contributed by atoms with Crippen molar-refractivity contribution in [2.45, 2.75) is 25.3 Å². The third-order valence-electron chi connectivity index (χ3n) is 3.13. The Kier molecular flexibility index (Phi) is 3.05. The van der Waals surface area contributed by atoms with E-state index in [9.17, 15) is 19.5 Å². The minimum atomic E-state index is -2.32. The molecule has 0 aliphatic carbocycles. The number of carboxylic acid groups (broad SMARTS) is 1. The van der Waals surface area contributed by atoms with Gasteiger partial charge in [0.25, 0.3) is 11.8 Å². The van der Waals surface area contributed by atoms with Gasteiger partial charge in [-0.15, -0.1) is 0 Å². The number of aliphatic carboxylic acids is 1. The second-order valence-electron chi connectivity index (χ2n) is 5.61. The third-order valence-corrected chi connectivity index (χ3v) is 5.26. The predicted octanol–water partition coefficient (Wildman–Crippen LogP) is 0.278. The van der Waals surface area contributed by atoms with Crippen LogP contribution in [-0.4, -0.2) is 36.4 Å². The van der Waals surface area contributed by atoms with E-state index in [4.69, 9.17) is 0 Å². The average Bonchev–Trinajstić information content (AvgIpc) is 2.53. The lowest BCUT2D eigenvalue weighted by molar-refractivity contribution is -0.307. The molecule has 1 aliphatic rings. The van der Waals surface area contributed by atoms with Gasteiger partial charge in [-0.1, -0.05) is 31.8 Å². The van der Waals surface area contributed by atoms with E-state index in [0.29, 0.717) is 0 Å². The van der Waals surface area contributed by atoms with Crippen LogP contribution in [0.1, 0.15) is 20.7 Å². The first-order valence-corrected chi connectivity index (χ1v) is 9.50. The van der Waals surface area contributed by atoms with Crippen LogP contribution in [-0.2, 0) is 4.79 Å². The molecule has 6 heteroatoms. The Morgan fingerprint density at radius 1 is 1.11 bits per heavy atom. The van der Waals surface area contributed by atoms with Crippen LogP contribution in [0, 0.1) is 0 Å². The number of carboxylic acids is 1. The van der Waals surface area contributed by atoms with Crippen LogP contribution in [0.5, 0.6) is 0 Å². The zero-order valence-corrected chi connectivity index (χ0v) is 12.0. The van der Waals surface area contributed by atoms with Gasteiger partial charge in [-0.05, 0) is 12.1 Å². The number of benzene rings is 1. The molecule has 100 valence electrons. The molecule has 1 heterocycles. The molecule has 1 aromatic carbocycles. The van der Waals surface area contributed by atoms with Gasteiger partial charge < -0.3 is 9.90 Å². The van der Waals surface area contributed by atoms with Crippen molar-refractivity contribution in [1.82, 2.24) is 4.90 Å². The summed E-state index contributed by atoms with van der Waals surface area (Å²) in [4.78, 5) is 36.7. The van der Waals surface area contributed by atoms with Crippen molar-refractivity contribution in [2.24, 2.45) is 0 Å². The van der Waals surface area contributed by atoms with Crippen LogP contribution in [0.2, 0.25) is 19.6 Å². The zero-order valence-electron chi connectivity index (χ0n) is 11.0. The molecule has 2 amide bonds. The molecule has 2 rings (SSSR count). The van der Waals surface area contributed by atoms with E-state index in [-0.39, 0.29) is 11.1 Å². The van der Waals surface area contributed by atoms with Gasteiger partial charge in [0.15, 0.2) is 0 Å². The molecule has 19 heavy (non-hydrogen) atoms. The summed E-state index contributed by atoms with van der Waals surface area (Å²) in [6.07, 6.45) is 0. The van der Waals surface area contributed by atoms with Crippen molar-refractivity contribution in [3.8, 4) is 0 Å². The van der Waals surface area contributed by atoms with E-state index in [1.165, 1.54) is 12.1 Å². The number of rotatable bonds is 3. The predicted molar refractivity (Wildman–Crippen MR) is 69.1 cm³/mol. The first-order valence-electron chi connectivity index (χ1n) is 5.93. The fourth-order valence-corrected chi connectivity index (χ4v) is 4.00. The van der Waals surface area contributed by atoms with Gasteiger partial charge in [0, 0.05) is 0 Å². The third kappa shape index (κ3) is 2.08. The standard InChI is InChI=1S/C13H15NO4Si/c1-19(2,3)12(13(17)18)14-10(15)8-6-4-5-7-9(8)11(14)16/h4-7,12H,1-3H3,(H,17,18)/p-1. The molecule has 5 nitrogen and oxygen atoms in total. The minimum Gasteiger partial charge on any atom is -0.548 e. The summed E-state index contributed by atoms with van der Waals surface area (Å²) in [5, 5.41) is 11.4. The lowest BCUT2D eigenvalue weighted by atomic mass is 10.1. The van der Waals surface area contributed by atoms with Crippen LogP contribution in [0.15, 0.2) is 24.3 Å². The monoisotopic (exact) mass is 276 g/mol. The molecule has 0 fully saturated rings. The lowest BCUT2D eigenvalue weighted by Gasteiger charge is -2.35. The van der Waals surface area contributed by atoms with Crippen LogP contribution in [0.4, 0.5) is 0 Å². The summed E-state index contributed by atoms with van der Waals surface area (Å²) < 4.78 is 0. The molecule has 0 radical (unpaired) electrons. The van der Waals surface area contributed by atoms with Gasteiger partial charge in [0.1, 0.15) is 0 Å². The molecule has 0 saturated carbocycles. The number of amides is 2. The average molecular weight is 276 g/mol. The molecule has 0 N–H and O–H groups in total. The number of hydrogen-bond donors (Lipinski definition) is 0. The van der Waals surface area contributed by atoms with Crippen LogP contribution < -0.4 is 5.11 Å². The SMILES string of the molecule is C[Si](C)(C)C(C(=O)[O-])N1C(=O)c2ccccc2C1=O. The summed E-state index contributed by atoms with van der Waals surface area (Å²) in [5.41, 5.74) is -0.631. The lowest BCUT2D eigenvalue weighted by Crippen LogP contribution is -2.61. The Balaban J connectivity index is 2.52. The number of carbonyl (C=O) groups is 3. The van der Waals surface area contributed by atoms with E-state index in [0.717, 1.165) is 4.90 Å². The maximum absolute atomic E-state index is 12.2. The van der Waals surface area contributed by atoms with Crippen LogP contribution in [0.25, 0.3) is 0 Å². The second-order valence-corrected chi connectivity index (χ2v) is 10.9. The van der Waals surface area contributed by atoms with E-state index >= 15 is 0 Å². The highest BCUT2D eigenvalue weighted by Gasteiger charge is 2.45. The van der Waals surface area contributed by atoms with Crippen molar-refractivity contribution >= 4 is 25.9 Å². The number of hydrogen-bond acceptors (Lipinski definition) is 4. The van der Waals surface area contributed by atoms with Gasteiger partial charge in [0.05, 0.1) is 30.8 Å². The summed E-state index contributed by atoms with van der Waals surface area (Å²) >= 11 is 0. The summed E-state index contributed by atoms with van der Waals surface area (Å²) in [6, 6.07) is 6.37. The van der Waals surface area contributed by atoms with E-state index < -0.39 is 31.5 Å². The fourth-order valence-electron chi connectivity index (χ4n) is 2.29. The number of fused-ring (bicyclic) bond motifs is 1. The molecular weight excluding hydrogens is 262 g/mol. The van der Waals surface area contributed by atoms with Crippen molar-refractivity contribution < 1.29 is 19.5 Å². The van der Waals surface area contributed by atoms with Gasteiger partial charge in [-0.25, -0.2) is 0 Å². The van der Waals surface area contributed by atoms with Crippen molar-refractivity contribution in [3.63, 3.8) is 0 Å². The number of carbonyl (C=O) groups excluding carboxylic acids is 3. The van der Waals surface area contributed by atoms with Crippen molar-refractivity contribution in [3.05, 3.63) is 35.4 Å². The molecule has 1 unspecified atom stereocenters. The van der Waals surface area contributed by atoms with Gasteiger partial charge in [-0.2, -0.15) is 0 Å². The van der Waals surface area contributed by atoms with Crippen molar-refractivity contribution in [1.29, 1.82) is 0 Å². The minimum absolute atomic E-state index is 0.261. The van der Waals surface area contributed by atoms with E-state index in [1.54, 1.807) is 31.8 Å². The van der Waals surface area contributed by atoms with Crippen LogP contribution in [0.3, 0.4) is 0 Å². The highest BCUT2D eigenvalue weighted by Crippen LogP contribution is 2.27. The Morgan fingerprint density at radius 3 is 1.84 bits per heavy atom. The summed E-state index contributed by atoms with van der Waals surface area (Å²) in [5.74, 6) is -2.46. The first-order chi connectivity index (χ1) is 8.75. The highest BCUT2D eigenvalue weighted by atomic mass is 28.3. The van der Waals surface area contributed by atoms with Gasteiger partial charge in [-0.3, -0.25) is 14.5 Å². The Morgan fingerprint density at radius 2 is 1.53 bits per heavy atom. The first kappa shape index (κ1) is 13.5. The van der Waals surface area contributed by atoms with Crippen molar-refractivity contribution in [2.75, 3.05) is 0 Å². The quantitative estimate of drug-likeness (QED) is 0.587. The molecule has 0 aromatic heterocycles. The van der Waals surface area contributed by atoms with E-state index in [2.05, 4.69) is 0 Å². The normalized spacial score (nSPS) is 16.5. The topological polar surface area (TPSA) is 77.5 Å². The van der Waals surface area contributed by atoms with Crippen LogP contribution >= 0.6 is 0 Å². The molecule has 1 atom stereocenters. The van der Waals surface area contributed by atoms with Gasteiger partial charge >= 0.3 is 0 Å². The largest absolute Gasteiger partial charge is 0.548 e. The molecule has 0 saturated heterocycles. The molecule has 0 spiro atoms. The summed E-state index contributed by atoms with van der Waals surface area (Å²) in [6.45, 7) is 5.37. The Hall–Kier alpha value is -1.95. The molecule has 1 aliphatic heterocycles. The maximum Gasteiger partial charge on any atom is 0.261 e. The second kappa shape index (κ2) is 4.31. The van der Waals surface area contributed by atoms with E-state index in [1.807, 2.05) is 0 Å². The molecule has 1 aromatic rings. The Bertz CT molecular complexity index is 541. The number of imide groups is 1. The molecule has 0 bridgehead atoms. The Labute approximate surface area is 111 Å². The van der Waals surface area contributed by atoms with Gasteiger partial charge in [0.2, 0.25) is 0 Å². The fraction of sp³-hybridized carbons (Fsp3) is 0.308. The number of nitrogens with zero attached hydrogens (tertiary/aromatic N) is 1. The smallest absolute Gasteiger partial charge is 0.261 e. The maximum atomic E-state index is 12.2. The highest BCUT2D eigenvalue weighted by molar-refractivity contribution is 6.80. The molecular formula is C13H14NO4Si-.